The second kappa shape index (κ2) is 15.0. The third kappa shape index (κ3) is 12.4. The van der Waals surface area contributed by atoms with E-state index in [1.165, 1.54) is 0 Å². The Kier molecular flexibility index (Phi) is 16.8. The Labute approximate surface area is 129 Å². The molecule has 0 radical (unpaired) electrons. The Bertz CT molecular complexity index is 195. The summed E-state index contributed by atoms with van der Waals surface area (Å²) in [6.45, 7) is 9.62. The Morgan fingerprint density at radius 1 is 1.17 bits per heavy atom. The summed E-state index contributed by atoms with van der Waals surface area (Å²) in [5.41, 5.74) is 0. The van der Waals surface area contributed by atoms with Gasteiger partial charge in [0, 0.05) is 39.9 Å². The fourth-order valence-electron chi connectivity index (χ4n) is 1.43. The third-order valence-corrected chi connectivity index (χ3v) is 2.33. The average molecular weight is 372 g/mol. The second-order valence-corrected chi connectivity index (χ2v) is 3.94. The monoisotopic (exact) mass is 372 g/mol. The Hall–Kier alpha value is -0.0800. The lowest BCUT2D eigenvalue weighted by molar-refractivity contribution is 0.180. The lowest BCUT2D eigenvalue weighted by atomic mass is 10.4. The van der Waals surface area contributed by atoms with Crippen LogP contribution in [0.1, 0.15) is 20.3 Å². The van der Waals surface area contributed by atoms with Crippen LogP contribution in [-0.2, 0) is 4.74 Å². The molecular formula is C12H29IN4O. The molecule has 18 heavy (non-hydrogen) atoms. The van der Waals surface area contributed by atoms with Crippen molar-refractivity contribution in [3.05, 3.63) is 0 Å². The van der Waals surface area contributed by atoms with Crippen LogP contribution < -0.4 is 10.6 Å². The van der Waals surface area contributed by atoms with Gasteiger partial charge in [-0.15, -0.1) is 24.0 Å². The number of hydrogen-bond acceptors (Lipinski definition) is 3. The first kappa shape index (κ1) is 20.2. The number of methoxy groups -OCH3 is 1. The number of guanidine groups is 1. The molecule has 0 aliphatic heterocycles. The first-order valence-electron chi connectivity index (χ1n) is 6.44. The second-order valence-electron chi connectivity index (χ2n) is 3.94. The quantitative estimate of drug-likeness (QED) is 0.276. The molecule has 0 aliphatic carbocycles. The predicted molar refractivity (Wildman–Crippen MR) is 89.1 cm³/mol. The van der Waals surface area contributed by atoms with E-state index in [9.17, 15) is 0 Å². The van der Waals surface area contributed by atoms with Gasteiger partial charge in [0.1, 0.15) is 0 Å². The van der Waals surface area contributed by atoms with Gasteiger partial charge < -0.3 is 20.3 Å². The lowest BCUT2D eigenvalue weighted by Gasteiger charge is -2.15. The number of nitrogens with one attached hydrogen (secondary N) is 2. The van der Waals surface area contributed by atoms with Gasteiger partial charge >= 0.3 is 0 Å². The molecule has 0 rings (SSSR count). The zero-order valence-corrected chi connectivity index (χ0v) is 14.5. The summed E-state index contributed by atoms with van der Waals surface area (Å²) in [5.74, 6) is 0.903. The molecule has 0 bridgehead atoms. The predicted octanol–water partition coefficient (Wildman–Crippen LogP) is 1.15. The maximum absolute atomic E-state index is 5.02. The molecule has 2 N–H and O–H groups in total. The number of halogens is 1. The van der Waals surface area contributed by atoms with Gasteiger partial charge in [0.2, 0.25) is 0 Å². The van der Waals surface area contributed by atoms with Crippen LogP contribution >= 0.6 is 24.0 Å². The van der Waals surface area contributed by atoms with Crippen molar-refractivity contribution in [2.45, 2.75) is 20.3 Å². The summed E-state index contributed by atoms with van der Waals surface area (Å²) < 4.78 is 5.02. The summed E-state index contributed by atoms with van der Waals surface area (Å²) in [6, 6.07) is 0. The molecule has 0 atom stereocenters. The van der Waals surface area contributed by atoms with Crippen LogP contribution in [0.2, 0.25) is 0 Å². The van der Waals surface area contributed by atoms with Crippen molar-refractivity contribution in [1.29, 1.82) is 0 Å². The molecule has 6 heteroatoms. The van der Waals surface area contributed by atoms with Crippen molar-refractivity contribution in [3.63, 3.8) is 0 Å². The van der Waals surface area contributed by atoms with Crippen LogP contribution in [0.3, 0.4) is 0 Å². The molecule has 5 nitrogen and oxygen atoms in total. The fraction of sp³-hybridized carbons (Fsp3) is 0.917. The van der Waals surface area contributed by atoms with Gasteiger partial charge in [0.25, 0.3) is 0 Å². The lowest BCUT2D eigenvalue weighted by Crippen LogP contribution is -2.37. The highest BCUT2D eigenvalue weighted by Crippen LogP contribution is 1.88. The summed E-state index contributed by atoms with van der Waals surface area (Å²) in [7, 11) is 3.86. The minimum atomic E-state index is 0. The molecular weight excluding hydrogens is 343 g/mol. The normalized spacial score (nSPS) is 9.83. The smallest absolute Gasteiger partial charge is 0.191 e. The minimum absolute atomic E-state index is 0. The van der Waals surface area contributed by atoms with E-state index in [2.05, 4.69) is 41.4 Å². The van der Waals surface area contributed by atoms with Crippen LogP contribution in [0.4, 0.5) is 0 Å². The van der Waals surface area contributed by atoms with Gasteiger partial charge in [-0.1, -0.05) is 0 Å². The van der Waals surface area contributed by atoms with Crippen molar-refractivity contribution in [2.24, 2.45) is 4.99 Å². The summed E-state index contributed by atoms with van der Waals surface area (Å²) in [4.78, 5) is 6.77. The zero-order chi connectivity index (χ0) is 12.9. The van der Waals surface area contributed by atoms with E-state index in [1.807, 2.05) is 0 Å². The molecule has 0 aliphatic rings. The van der Waals surface area contributed by atoms with Gasteiger partial charge in [-0.25, -0.2) is 0 Å². The first-order valence-corrected chi connectivity index (χ1v) is 6.44. The average Bonchev–Trinajstić information content (AvgIpc) is 2.30. The van der Waals surface area contributed by atoms with E-state index in [0.29, 0.717) is 0 Å². The summed E-state index contributed by atoms with van der Waals surface area (Å²) in [5, 5.41) is 6.42. The Morgan fingerprint density at radius 2 is 1.78 bits per heavy atom. The number of ether oxygens (including phenoxy) is 1. The van der Waals surface area contributed by atoms with Crippen LogP contribution in [-0.4, -0.2) is 64.3 Å². The van der Waals surface area contributed by atoms with Crippen molar-refractivity contribution in [3.8, 4) is 0 Å². The molecule has 0 saturated carbocycles. The SMILES string of the molecule is CCNC(=NCCN(C)CCCOC)NCC.I. The maximum atomic E-state index is 5.02. The van der Waals surface area contributed by atoms with Gasteiger partial charge in [-0.05, 0) is 27.3 Å². The number of hydrogen-bond donors (Lipinski definition) is 2. The van der Waals surface area contributed by atoms with Gasteiger partial charge in [0.15, 0.2) is 5.96 Å². The Balaban J connectivity index is 0. The van der Waals surface area contributed by atoms with Crippen LogP contribution in [0, 0.1) is 0 Å². The van der Waals surface area contributed by atoms with Crippen LogP contribution in [0.15, 0.2) is 4.99 Å². The van der Waals surface area contributed by atoms with Gasteiger partial charge in [0.05, 0.1) is 6.54 Å². The van der Waals surface area contributed by atoms with Crippen molar-refractivity contribution in [1.82, 2.24) is 15.5 Å². The molecule has 0 fully saturated rings. The number of rotatable bonds is 9. The number of likely N-dealkylation sites (N-methyl/N-ethyl adjacent to an activating group) is 1. The highest BCUT2D eigenvalue weighted by atomic mass is 127. The highest BCUT2D eigenvalue weighted by Gasteiger charge is 1.98. The van der Waals surface area contributed by atoms with E-state index in [-0.39, 0.29) is 24.0 Å². The molecule has 0 amide bonds. The molecule has 0 aromatic rings. The topological polar surface area (TPSA) is 48.9 Å². The fourth-order valence-corrected chi connectivity index (χ4v) is 1.43. The summed E-state index contributed by atoms with van der Waals surface area (Å²) in [6.07, 6.45) is 1.07. The van der Waals surface area contributed by atoms with E-state index in [4.69, 9.17) is 4.74 Å². The first-order chi connectivity index (χ1) is 8.24. The number of aliphatic imine (C=N–C) groups is 1. The standard InChI is InChI=1S/C12H28N4O.HI/c1-5-13-12(14-6-2)15-8-10-16(3)9-7-11-17-4;/h5-11H2,1-4H3,(H2,13,14,15);1H. The van der Waals surface area contributed by atoms with Crippen molar-refractivity contribution < 1.29 is 4.74 Å². The largest absolute Gasteiger partial charge is 0.385 e. The van der Waals surface area contributed by atoms with Crippen molar-refractivity contribution in [2.75, 3.05) is 53.5 Å². The molecule has 110 valence electrons. The molecule has 0 saturated heterocycles. The highest BCUT2D eigenvalue weighted by molar-refractivity contribution is 14.0. The summed E-state index contributed by atoms with van der Waals surface area (Å²) >= 11 is 0. The zero-order valence-electron chi connectivity index (χ0n) is 12.2. The van der Waals surface area contributed by atoms with E-state index < -0.39 is 0 Å². The van der Waals surface area contributed by atoms with E-state index in [1.54, 1.807) is 7.11 Å². The Morgan fingerprint density at radius 3 is 2.28 bits per heavy atom. The molecule has 0 aromatic heterocycles. The van der Waals surface area contributed by atoms with Gasteiger partial charge in [-0.2, -0.15) is 0 Å². The van der Waals surface area contributed by atoms with E-state index >= 15 is 0 Å². The van der Waals surface area contributed by atoms with Crippen LogP contribution in [0.25, 0.3) is 0 Å². The molecule has 0 unspecified atom stereocenters. The van der Waals surface area contributed by atoms with E-state index in [0.717, 1.165) is 51.7 Å². The molecule has 0 spiro atoms. The minimum Gasteiger partial charge on any atom is -0.385 e. The van der Waals surface area contributed by atoms with Crippen molar-refractivity contribution >= 4 is 29.9 Å². The molecule has 0 heterocycles. The van der Waals surface area contributed by atoms with Crippen LogP contribution in [0.5, 0.6) is 0 Å². The van der Waals surface area contributed by atoms with Gasteiger partial charge in [-0.3, -0.25) is 4.99 Å². The maximum Gasteiger partial charge on any atom is 0.191 e. The third-order valence-electron chi connectivity index (χ3n) is 2.33. The molecule has 0 aromatic carbocycles. The number of nitrogens with zero attached hydrogens (tertiary/aromatic N) is 2.